The molecule has 1 fully saturated rings. The van der Waals surface area contributed by atoms with Crippen molar-refractivity contribution in [3.8, 4) is 0 Å². The van der Waals surface area contributed by atoms with Crippen molar-refractivity contribution in [1.29, 1.82) is 0 Å². The zero-order valence-corrected chi connectivity index (χ0v) is 17.5. The molecule has 3 heterocycles. The first-order chi connectivity index (χ1) is 14.0. The summed E-state index contributed by atoms with van der Waals surface area (Å²) in [6.07, 6.45) is 8.21. The van der Waals surface area contributed by atoms with Gasteiger partial charge in [-0.15, -0.1) is 0 Å². The van der Waals surface area contributed by atoms with Crippen LogP contribution in [0.25, 0.3) is 0 Å². The molecule has 2 aromatic rings. The Morgan fingerprint density at radius 3 is 2.48 bits per heavy atom. The molecule has 156 valence electrons. The van der Waals surface area contributed by atoms with E-state index >= 15 is 0 Å². The lowest BCUT2D eigenvalue weighted by Crippen LogP contribution is -2.27. The van der Waals surface area contributed by atoms with Gasteiger partial charge in [-0.05, 0) is 49.8 Å². The molecule has 8 heteroatoms. The normalized spacial score (nSPS) is 17.2. The highest BCUT2D eigenvalue weighted by Crippen LogP contribution is 2.21. The first-order valence-electron chi connectivity index (χ1n) is 10.4. The van der Waals surface area contributed by atoms with Gasteiger partial charge in [-0.2, -0.15) is 4.31 Å². The predicted molar refractivity (Wildman–Crippen MR) is 110 cm³/mol. The molecule has 0 unspecified atom stereocenters. The van der Waals surface area contributed by atoms with E-state index in [-0.39, 0.29) is 5.91 Å². The van der Waals surface area contributed by atoms with Gasteiger partial charge < -0.3 is 9.88 Å². The second-order valence-electron chi connectivity index (χ2n) is 7.83. The van der Waals surface area contributed by atoms with Crippen LogP contribution in [0, 0.1) is 0 Å². The molecule has 1 aromatic carbocycles. The predicted octanol–water partition coefficient (Wildman–Crippen LogP) is 2.25. The number of aromatic nitrogens is 2. The minimum Gasteiger partial charge on any atom is -0.350 e. The van der Waals surface area contributed by atoms with E-state index in [0.717, 1.165) is 42.9 Å². The Kier molecular flexibility index (Phi) is 6.01. The van der Waals surface area contributed by atoms with Crippen molar-refractivity contribution in [3.05, 3.63) is 47.5 Å². The maximum Gasteiger partial charge on any atom is 0.243 e. The molecule has 1 aromatic heterocycles. The van der Waals surface area contributed by atoms with Crippen molar-refractivity contribution < 1.29 is 13.2 Å². The van der Waals surface area contributed by atoms with E-state index in [1.54, 1.807) is 28.6 Å². The Morgan fingerprint density at radius 1 is 1.03 bits per heavy atom. The van der Waals surface area contributed by atoms with Gasteiger partial charge in [-0.3, -0.25) is 4.79 Å². The highest BCUT2D eigenvalue weighted by molar-refractivity contribution is 7.89. The van der Waals surface area contributed by atoms with Gasteiger partial charge in [0.05, 0.1) is 17.1 Å². The van der Waals surface area contributed by atoms with Crippen LogP contribution in [0.1, 0.15) is 49.2 Å². The summed E-state index contributed by atoms with van der Waals surface area (Å²) < 4.78 is 28.8. The lowest BCUT2D eigenvalue weighted by Gasteiger charge is -2.15. The third kappa shape index (κ3) is 4.70. The summed E-state index contributed by atoms with van der Waals surface area (Å²) in [4.78, 5) is 17.1. The Labute approximate surface area is 172 Å². The molecule has 1 N–H and O–H groups in total. The summed E-state index contributed by atoms with van der Waals surface area (Å²) >= 11 is 0. The molecule has 0 bridgehead atoms. The van der Waals surface area contributed by atoms with E-state index in [1.165, 1.54) is 12.8 Å². The second kappa shape index (κ2) is 8.67. The largest absolute Gasteiger partial charge is 0.350 e. The number of rotatable bonds is 7. The first-order valence-corrected chi connectivity index (χ1v) is 11.9. The lowest BCUT2D eigenvalue weighted by atomic mass is 10.1. The van der Waals surface area contributed by atoms with Gasteiger partial charge >= 0.3 is 0 Å². The van der Waals surface area contributed by atoms with E-state index in [4.69, 9.17) is 0 Å². The van der Waals surface area contributed by atoms with Crippen LogP contribution in [0.5, 0.6) is 0 Å². The molecule has 1 amide bonds. The molecule has 4 rings (SSSR count). The van der Waals surface area contributed by atoms with Crippen molar-refractivity contribution in [2.75, 3.05) is 13.1 Å². The molecule has 1 saturated heterocycles. The molecule has 0 saturated carbocycles. The number of nitrogens with one attached hydrogen (secondary N) is 1. The molecular weight excluding hydrogens is 388 g/mol. The fourth-order valence-corrected chi connectivity index (χ4v) is 5.51. The Bertz CT molecular complexity index is 937. The number of hydrogen-bond donors (Lipinski definition) is 1. The monoisotopic (exact) mass is 416 g/mol. The number of carbonyl (C=O) groups is 1. The topological polar surface area (TPSA) is 84.3 Å². The number of aryl methyl sites for hydroxylation is 3. The molecule has 0 atom stereocenters. The zero-order valence-electron chi connectivity index (χ0n) is 16.6. The van der Waals surface area contributed by atoms with E-state index < -0.39 is 10.0 Å². The molecule has 29 heavy (non-hydrogen) atoms. The maximum absolute atomic E-state index is 12.6. The van der Waals surface area contributed by atoms with Crippen LogP contribution < -0.4 is 5.32 Å². The summed E-state index contributed by atoms with van der Waals surface area (Å²) in [5, 5.41) is 2.93. The number of sulfonamides is 1. The molecule has 0 aliphatic carbocycles. The third-order valence-corrected chi connectivity index (χ3v) is 7.60. The van der Waals surface area contributed by atoms with Crippen LogP contribution in [0.4, 0.5) is 0 Å². The highest BCUT2D eigenvalue weighted by Gasteiger charge is 2.26. The van der Waals surface area contributed by atoms with Crippen LogP contribution >= 0.6 is 0 Å². The fraction of sp³-hybridized carbons (Fsp3) is 0.524. The van der Waals surface area contributed by atoms with E-state index in [0.29, 0.717) is 37.4 Å². The standard InChI is InChI=1S/C21H28N4O3S/c26-21(22-15-18-16-24-12-2-1-5-20(24)23-18)11-8-17-6-9-19(10-7-17)29(27,28)25-13-3-4-14-25/h6-7,9-10,16H,1-5,8,11-15H2,(H,22,26). The molecule has 7 nitrogen and oxygen atoms in total. The van der Waals surface area contributed by atoms with Gasteiger partial charge in [0.2, 0.25) is 15.9 Å². The Morgan fingerprint density at radius 2 is 1.76 bits per heavy atom. The lowest BCUT2D eigenvalue weighted by molar-refractivity contribution is -0.121. The van der Waals surface area contributed by atoms with Gasteiger partial charge in [0, 0.05) is 38.7 Å². The van der Waals surface area contributed by atoms with E-state index in [2.05, 4.69) is 14.9 Å². The van der Waals surface area contributed by atoms with Crippen molar-refractivity contribution in [3.63, 3.8) is 0 Å². The molecule has 0 radical (unpaired) electrons. The van der Waals surface area contributed by atoms with Gasteiger partial charge in [-0.25, -0.2) is 13.4 Å². The average Bonchev–Trinajstić information content (AvgIpc) is 3.41. The third-order valence-electron chi connectivity index (χ3n) is 5.69. The molecule has 2 aliphatic rings. The van der Waals surface area contributed by atoms with E-state index in [9.17, 15) is 13.2 Å². The quantitative estimate of drug-likeness (QED) is 0.750. The summed E-state index contributed by atoms with van der Waals surface area (Å²) in [6, 6.07) is 6.91. The molecule has 0 spiro atoms. The summed E-state index contributed by atoms with van der Waals surface area (Å²) in [7, 11) is -3.38. The minimum atomic E-state index is -3.38. The number of carbonyl (C=O) groups excluding carboxylic acids is 1. The van der Waals surface area contributed by atoms with Crippen LogP contribution in [-0.2, 0) is 40.7 Å². The van der Waals surface area contributed by atoms with Crippen molar-refractivity contribution >= 4 is 15.9 Å². The average molecular weight is 417 g/mol. The smallest absolute Gasteiger partial charge is 0.243 e. The Hall–Kier alpha value is -2.19. The number of imidazole rings is 1. The number of hydrogen-bond acceptors (Lipinski definition) is 4. The van der Waals surface area contributed by atoms with Crippen molar-refractivity contribution in [2.24, 2.45) is 0 Å². The SMILES string of the molecule is O=C(CCc1ccc(S(=O)(=O)N2CCCC2)cc1)NCc1cn2c(n1)CCCC2. The summed E-state index contributed by atoms with van der Waals surface area (Å²) in [5.74, 6) is 1.09. The van der Waals surface area contributed by atoms with Crippen molar-refractivity contribution in [1.82, 2.24) is 19.2 Å². The van der Waals surface area contributed by atoms with Gasteiger partial charge in [0.1, 0.15) is 5.82 Å². The van der Waals surface area contributed by atoms with Crippen LogP contribution in [0.2, 0.25) is 0 Å². The second-order valence-corrected chi connectivity index (χ2v) is 9.77. The number of amides is 1. The summed E-state index contributed by atoms with van der Waals surface area (Å²) in [5.41, 5.74) is 1.87. The number of nitrogens with zero attached hydrogens (tertiary/aromatic N) is 3. The fourth-order valence-electron chi connectivity index (χ4n) is 4.00. The highest BCUT2D eigenvalue weighted by atomic mass is 32.2. The Balaban J connectivity index is 1.26. The van der Waals surface area contributed by atoms with Crippen LogP contribution in [0.3, 0.4) is 0 Å². The van der Waals surface area contributed by atoms with Gasteiger partial charge in [0.25, 0.3) is 0 Å². The molecule has 2 aliphatic heterocycles. The zero-order chi connectivity index (χ0) is 20.3. The molecular formula is C21H28N4O3S. The first kappa shape index (κ1) is 20.1. The minimum absolute atomic E-state index is 0.0234. The van der Waals surface area contributed by atoms with Gasteiger partial charge in [-0.1, -0.05) is 12.1 Å². The number of fused-ring (bicyclic) bond motifs is 1. The van der Waals surface area contributed by atoms with E-state index in [1.807, 2.05) is 6.20 Å². The maximum atomic E-state index is 12.6. The van der Waals surface area contributed by atoms with Crippen LogP contribution in [-0.4, -0.2) is 41.3 Å². The van der Waals surface area contributed by atoms with Crippen LogP contribution in [0.15, 0.2) is 35.4 Å². The van der Waals surface area contributed by atoms with Crippen molar-refractivity contribution in [2.45, 2.75) is 62.9 Å². The van der Waals surface area contributed by atoms with Gasteiger partial charge in [0.15, 0.2) is 0 Å². The summed E-state index contributed by atoms with van der Waals surface area (Å²) in [6.45, 7) is 2.67. The number of benzene rings is 1.